The molecule has 1 aliphatic carbocycles. The van der Waals surface area contributed by atoms with Crippen LogP contribution in [0.1, 0.15) is 26.2 Å². The Morgan fingerprint density at radius 3 is 2.87 bits per heavy atom. The van der Waals surface area contributed by atoms with E-state index in [4.69, 9.17) is 0 Å². The van der Waals surface area contributed by atoms with Gasteiger partial charge in [0, 0.05) is 19.5 Å². The Bertz CT molecular complexity index is 268. The van der Waals surface area contributed by atoms with Crippen LogP contribution in [0, 0.1) is 17.8 Å². The lowest BCUT2D eigenvalue weighted by molar-refractivity contribution is -0.128. The molecule has 3 atom stereocenters. The molecule has 1 aliphatic heterocycles. The molecule has 4 nitrogen and oxygen atoms in total. The minimum absolute atomic E-state index is 0.0169. The first kappa shape index (κ1) is 10.5. The van der Waals surface area contributed by atoms with Gasteiger partial charge in [0.1, 0.15) is 0 Å². The van der Waals surface area contributed by atoms with Gasteiger partial charge in [-0.2, -0.15) is 0 Å². The van der Waals surface area contributed by atoms with Gasteiger partial charge in [0.25, 0.3) is 0 Å². The predicted octanol–water partition coefficient (Wildman–Crippen LogP) is 0.285. The van der Waals surface area contributed by atoms with Crippen LogP contribution in [-0.2, 0) is 9.59 Å². The first-order valence-corrected chi connectivity index (χ1v) is 5.71. The average molecular weight is 210 g/mol. The quantitative estimate of drug-likeness (QED) is 0.703. The van der Waals surface area contributed by atoms with Crippen LogP contribution in [0.2, 0.25) is 0 Å². The molecule has 0 aromatic carbocycles. The third-order valence-electron chi connectivity index (χ3n) is 3.45. The Balaban J connectivity index is 1.69. The maximum Gasteiger partial charge on any atom is 0.224 e. The Kier molecular flexibility index (Phi) is 2.93. The Hall–Kier alpha value is -1.06. The zero-order valence-corrected chi connectivity index (χ0v) is 9.08. The Labute approximate surface area is 89.8 Å². The summed E-state index contributed by atoms with van der Waals surface area (Å²) in [4.78, 5) is 22.6. The van der Waals surface area contributed by atoms with Crippen LogP contribution < -0.4 is 10.6 Å². The van der Waals surface area contributed by atoms with Gasteiger partial charge in [0.2, 0.25) is 11.8 Å². The van der Waals surface area contributed by atoms with E-state index in [-0.39, 0.29) is 17.7 Å². The van der Waals surface area contributed by atoms with Crippen molar-refractivity contribution in [1.29, 1.82) is 0 Å². The van der Waals surface area contributed by atoms with Crippen molar-refractivity contribution in [1.82, 2.24) is 10.6 Å². The van der Waals surface area contributed by atoms with Crippen LogP contribution in [0.3, 0.4) is 0 Å². The van der Waals surface area contributed by atoms with Crippen LogP contribution in [-0.4, -0.2) is 24.9 Å². The third-order valence-corrected chi connectivity index (χ3v) is 3.45. The smallest absolute Gasteiger partial charge is 0.224 e. The fourth-order valence-electron chi connectivity index (χ4n) is 2.02. The summed E-state index contributed by atoms with van der Waals surface area (Å²) < 4.78 is 0. The van der Waals surface area contributed by atoms with Gasteiger partial charge in [-0.15, -0.1) is 0 Å². The Morgan fingerprint density at radius 1 is 1.60 bits per heavy atom. The van der Waals surface area contributed by atoms with Gasteiger partial charge >= 0.3 is 0 Å². The van der Waals surface area contributed by atoms with Gasteiger partial charge in [0.05, 0.1) is 5.92 Å². The van der Waals surface area contributed by atoms with Gasteiger partial charge in [-0.3, -0.25) is 9.59 Å². The van der Waals surface area contributed by atoms with E-state index in [2.05, 4.69) is 17.6 Å². The summed E-state index contributed by atoms with van der Waals surface area (Å²) in [6.45, 7) is 3.52. The van der Waals surface area contributed by atoms with Crippen LogP contribution in [0.4, 0.5) is 0 Å². The van der Waals surface area contributed by atoms with E-state index in [1.807, 2.05) is 0 Å². The molecule has 15 heavy (non-hydrogen) atoms. The minimum atomic E-state index is -0.0169. The molecular weight excluding hydrogens is 192 g/mol. The van der Waals surface area contributed by atoms with Crippen molar-refractivity contribution in [2.24, 2.45) is 17.8 Å². The van der Waals surface area contributed by atoms with Gasteiger partial charge in [-0.1, -0.05) is 6.92 Å². The second kappa shape index (κ2) is 4.21. The van der Waals surface area contributed by atoms with E-state index in [1.54, 1.807) is 0 Å². The highest BCUT2D eigenvalue weighted by Crippen LogP contribution is 2.36. The molecule has 0 aromatic rings. The van der Waals surface area contributed by atoms with E-state index < -0.39 is 0 Å². The van der Waals surface area contributed by atoms with Gasteiger partial charge in [-0.25, -0.2) is 0 Å². The first-order chi connectivity index (χ1) is 7.16. The number of hydrogen-bond donors (Lipinski definition) is 2. The fourth-order valence-corrected chi connectivity index (χ4v) is 2.02. The highest BCUT2D eigenvalue weighted by molar-refractivity contribution is 5.83. The van der Waals surface area contributed by atoms with Crippen LogP contribution >= 0.6 is 0 Å². The van der Waals surface area contributed by atoms with Crippen LogP contribution in [0.5, 0.6) is 0 Å². The number of carbonyl (C=O) groups is 2. The lowest BCUT2D eigenvalue weighted by atomic mass is 9.98. The summed E-state index contributed by atoms with van der Waals surface area (Å²) in [5.41, 5.74) is 0. The van der Waals surface area contributed by atoms with E-state index in [0.29, 0.717) is 25.3 Å². The zero-order chi connectivity index (χ0) is 10.8. The standard InChI is InChI=1S/C11H18N2O2/c1-7-4-9(7)6-13-11(15)8-2-3-10(14)12-5-8/h7-9H,2-6H2,1H3,(H,12,14)(H,13,15). The molecule has 0 aromatic heterocycles. The topological polar surface area (TPSA) is 58.2 Å². The molecule has 2 amide bonds. The minimum Gasteiger partial charge on any atom is -0.356 e. The average Bonchev–Trinajstić information content (AvgIpc) is 2.92. The second-order valence-electron chi connectivity index (χ2n) is 4.76. The molecule has 2 aliphatic rings. The number of carbonyl (C=O) groups excluding carboxylic acids is 2. The fraction of sp³-hybridized carbons (Fsp3) is 0.818. The summed E-state index contributed by atoms with van der Waals surface area (Å²) in [5.74, 6) is 1.62. The molecule has 3 unspecified atom stereocenters. The summed E-state index contributed by atoms with van der Waals surface area (Å²) in [7, 11) is 0. The van der Waals surface area contributed by atoms with Crippen molar-refractivity contribution in [2.75, 3.05) is 13.1 Å². The molecule has 0 spiro atoms. The van der Waals surface area contributed by atoms with E-state index in [0.717, 1.165) is 12.5 Å². The largest absolute Gasteiger partial charge is 0.356 e. The van der Waals surface area contributed by atoms with E-state index in [1.165, 1.54) is 6.42 Å². The van der Waals surface area contributed by atoms with Crippen molar-refractivity contribution in [3.63, 3.8) is 0 Å². The summed E-state index contributed by atoms with van der Waals surface area (Å²) >= 11 is 0. The molecule has 0 radical (unpaired) electrons. The van der Waals surface area contributed by atoms with Crippen LogP contribution in [0.15, 0.2) is 0 Å². The molecule has 4 heteroatoms. The predicted molar refractivity (Wildman–Crippen MR) is 56.0 cm³/mol. The lowest BCUT2D eigenvalue weighted by Gasteiger charge is -2.21. The molecule has 2 N–H and O–H groups in total. The summed E-state index contributed by atoms with van der Waals surface area (Å²) in [6, 6.07) is 0. The van der Waals surface area contributed by atoms with E-state index in [9.17, 15) is 9.59 Å². The molecule has 1 saturated carbocycles. The monoisotopic (exact) mass is 210 g/mol. The maximum atomic E-state index is 11.7. The van der Waals surface area contributed by atoms with Crippen molar-refractivity contribution in [3.8, 4) is 0 Å². The van der Waals surface area contributed by atoms with Gasteiger partial charge in [0.15, 0.2) is 0 Å². The number of rotatable bonds is 3. The molecule has 1 heterocycles. The summed E-state index contributed by atoms with van der Waals surface area (Å²) in [5, 5.41) is 5.69. The first-order valence-electron chi connectivity index (χ1n) is 5.71. The highest BCUT2D eigenvalue weighted by Gasteiger charge is 2.33. The summed E-state index contributed by atoms with van der Waals surface area (Å²) in [6.07, 6.45) is 2.41. The second-order valence-corrected chi connectivity index (χ2v) is 4.76. The number of hydrogen-bond acceptors (Lipinski definition) is 2. The van der Waals surface area contributed by atoms with Crippen molar-refractivity contribution < 1.29 is 9.59 Å². The van der Waals surface area contributed by atoms with Crippen molar-refractivity contribution in [2.45, 2.75) is 26.2 Å². The number of amides is 2. The maximum absolute atomic E-state index is 11.7. The Morgan fingerprint density at radius 2 is 2.33 bits per heavy atom. The lowest BCUT2D eigenvalue weighted by Crippen LogP contribution is -2.43. The van der Waals surface area contributed by atoms with E-state index >= 15 is 0 Å². The van der Waals surface area contributed by atoms with Crippen molar-refractivity contribution in [3.05, 3.63) is 0 Å². The number of piperidine rings is 1. The molecule has 1 saturated heterocycles. The van der Waals surface area contributed by atoms with Crippen molar-refractivity contribution >= 4 is 11.8 Å². The van der Waals surface area contributed by atoms with Gasteiger partial charge in [-0.05, 0) is 24.7 Å². The highest BCUT2D eigenvalue weighted by atomic mass is 16.2. The van der Waals surface area contributed by atoms with Gasteiger partial charge < -0.3 is 10.6 Å². The third kappa shape index (κ3) is 2.70. The molecule has 84 valence electrons. The molecule has 0 bridgehead atoms. The molecular formula is C11H18N2O2. The molecule has 2 fully saturated rings. The SMILES string of the molecule is CC1CC1CNC(=O)C1CCC(=O)NC1. The molecule has 2 rings (SSSR count). The normalized spacial score (nSPS) is 34.5. The number of nitrogens with one attached hydrogen (secondary N) is 2. The zero-order valence-electron chi connectivity index (χ0n) is 9.08. The van der Waals surface area contributed by atoms with Crippen LogP contribution in [0.25, 0.3) is 0 Å².